The van der Waals surface area contributed by atoms with Gasteiger partial charge in [-0.25, -0.2) is 10.2 Å². The Morgan fingerprint density at radius 2 is 1.79 bits per heavy atom. The second kappa shape index (κ2) is 8.83. The number of carbonyl (C=O) groups excluding carboxylic acids is 1. The third kappa shape index (κ3) is 6.21. The van der Waals surface area contributed by atoms with Crippen molar-refractivity contribution >= 4 is 34.0 Å². The first-order valence-corrected chi connectivity index (χ1v) is 7.83. The number of nitrogens with one attached hydrogen (secondary N) is 1. The summed E-state index contributed by atoms with van der Waals surface area (Å²) < 4.78 is 5.98. The third-order valence-electron chi connectivity index (χ3n) is 2.92. The predicted octanol–water partition coefficient (Wildman–Crippen LogP) is 2.61. The Labute approximate surface area is 147 Å². The van der Waals surface area contributed by atoms with Crippen LogP contribution >= 0.6 is 15.9 Å². The highest BCUT2D eigenvalue weighted by Crippen LogP contribution is 2.11. The van der Waals surface area contributed by atoms with Crippen LogP contribution in [0.5, 0.6) is 5.75 Å². The van der Waals surface area contributed by atoms with Crippen LogP contribution in [-0.2, 0) is 16.0 Å². The van der Waals surface area contributed by atoms with Crippen LogP contribution in [0.25, 0.3) is 0 Å². The lowest BCUT2D eigenvalue weighted by atomic mass is 10.1. The zero-order valence-corrected chi connectivity index (χ0v) is 14.2. The van der Waals surface area contributed by atoms with E-state index in [9.17, 15) is 9.59 Å². The molecule has 0 spiro atoms. The van der Waals surface area contributed by atoms with Crippen LogP contribution in [-0.4, -0.2) is 29.8 Å². The SMILES string of the molecule is O=C(O)COc1ccc(/C=N/NC(=O)Cc2ccc(Br)cc2)cc1. The molecule has 0 aliphatic rings. The minimum atomic E-state index is -1.03. The Balaban J connectivity index is 1.81. The Bertz CT molecular complexity index is 727. The van der Waals surface area contributed by atoms with Crippen LogP contribution in [0.15, 0.2) is 58.1 Å². The number of ether oxygens (including phenoxy) is 1. The van der Waals surface area contributed by atoms with Crippen molar-refractivity contribution in [3.05, 3.63) is 64.1 Å². The first kappa shape index (κ1) is 17.7. The van der Waals surface area contributed by atoms with Gasteiger partial charge in [-0.3, -0.25) is 4.79 Å². The zero-order chi connectivity index (χ0) is 17.4. The van der Waals surface area contributed by atoms with Crippen LogP contribution in [0.3, 0.4) is 0 Å². The molecule has 6 nitrogen and oxygen atoms in total. The number of carboxylic acid groups (broad SMARTS) is 1. The maximum absolute atomic E-state index is 11.8. The number of rotatable bonds is 7. The van der Waals surface area contributed by atoms with Gasteiger partial charge in [-0.1, -0.05) is 28.1 Å². The molecule has 0 bridgehead atoms. The first-order chi connectivity index (χ1) is 11.5. The average molecular weight is 391 g/mol. The molecule has 0 saturated carbocycles. The van der Waals surface area contributed by atoms with E-state index < -0.39 is 5.97 Å². The first-order valence-electron chi connectivity index (χ1n) is 7.04. The van der Waals surface area contributed by atoms with Gasteiger partial charge in [0.25, 0.3) is 0 Å². The Hall–Kier alpha value is -2.67. The maximum Gasteiger partial charge on any atom is 0.341 e. The van der Waals surface area contributed by atoms with Crippen molar-refractivity contribution in [3.63, 3.8) is 0 Å². The number of nitrogens with zero attached hydrogens (tertiary/aromatic N) is 1. The molecule has 0 heterocycles. The molecule has 124 valence electrons. The molecule has 2 aromatic rings. The van der Waals surface area contributed by atoms with Crippen LogP contribution in [0.2, 0.25) is 0 Å². The van der Waals surface area contributed by atoms with Gasteiger partial charge in [-0.2, -0.15) is 5.10 Å². The predicted molar refractivity (Wildman–Crippen MR) is 93.2 cm³/mol. The number of hydrogen-bond donors (Lipinski definition) is 2. The largest absolute Gasteiger partial charge is 0.482 e. The second-order valence-corrected chi connectivity index (χ2v) is 5.76. The molecule has 24 heavy (non-hydrogen) atoms. The van der Waals surface area contributed by atoms with Crippen molar-refractivity contribution in [1.29, 1.82) is 0 Å². The van der Waals surface area contributed by atoms with Crippen molar-refractivity contribution in [2.45, 2.75) is 6.42 Å². The molecular formula is C17H15BrN2O4. The van der Waals surface area contributed by atoms with E-state index in [2.05, 4.69) is 26.5 Å². The fraction of sp³-hybridized carbons (Fsp3) is 0.118. The monoisotopic (exact) mass is 390 g/mol. The number of aliphatic carboxylic acids is 1. The van der Waals surface area contributed by atoms with E-state index in [0.29, 0.717) is 5.75 Å². The second-order valence-electron chi connectivity index (χ2n) is 4.85. The van der Waals surface area contributed by atoms with Crippen LogP contribution in [0, 0.1) is 0 Å². The summed E-state index contributed by atoms with van der Waals surface area (Å²) >= 11 is 3.34. The number of carbonyl (C=O) groups is 2. The topological polar surface area (TPSA) is 88.0 Å². The minimum absolute atomic E-state index is 0.213. The highest BCUT2D eigenvalue weighted by atomic mass is 79.9. The van der Waals surface area contributed by atoms with Gasteiger partial charge in [0, 0.05) is 4.47 Å². The summed E-state index contributed by atoms with van der Waals surface area (Å²) in [4.78, 5) is 22.2. The summed E-state index contributed by atoms with van der Waals surface area (Å²) in [6, 6.07) is 14.2. The molecule has 0 aliphatic carbocycles. The van der Waals surface area contributed by atoms with Crippen molar-refractivity contribution in [2.24, 2.45) is 5.10 Å². The van der Waals surface area contributed by atoms with Gasteiger partial charge >= 0.3 is 5.97 Å². The van der Waals surface area contributed by atoms with Gasteiger partial charge < -0.3 is 9.84 Å². The lowest BCUT2D eigenvalue weighted by Crippen LogP contribution is -2.19. The molecule has 0 radical (unpaired) electrons. The average Bonchev–Trinajstić information content (AvgIpc) is 2.56. The van der Waals surface area contributed by atoms with Crippen molar-refractivity contribution in [2.75, 3.05) is 6.61 Å². The normalized spacial score (nSPS) is 10.5. The van der Waals surface area contributed by atoms with Crippen molar-refractivity contribution < 1.29 is 19.4 Å². The summed E-state index contributed by atoms with van der Waals surface area (Å²) in [5.74, 6) is -0.794. The molecule has 2 N–H and O–H groups in total. The number of halogens is 1. The van der Waals surface area contributed by atoms with Crippen molar-refractivity contribution in [1.82, 2.24) is 5.43 Å². The van der Waals surface area contributed by atoms with Crippen molar-refractivity contribution in [3.8, 4) is 5.75 Å². The molecule has 7 heteroatoms. The molecule has 0 saturated heterocycles. The molecule has 1 amide bonds. The van der Waals surface area contributed by atoms with E-state index in [1.54, 1.807) is 24.3 Å². The zero-order valence-electron chi connectivity index (χ0n) is 12.6. The maximum atomic E-state index is 11.8. The van der Waals surface area contributed by atoms with E-state index in [0.717, 1.165) is 15.6 Å². The Morgan fingerprint density at radius 1 is 1.12 bits per heavy atom. The molecule has 0 aliphatic heterocycles. The van der Waals surface area contributed by atoms with Crippen LogP contribution < -0.4 is 10.2 Å². The summed E-state index contributed by atoms with van der Waals surface area (Å²) in [5.41, 5.74) is 4.10. The van der Waals surface area contributed by atoms with E-state index >= 15 is 0 Å². The number of benzene rings is 2. The van der Waals surface area contributed by atoms with Gasteiger partial charge in [0.1, 0.15) is 5.75 Å². The van der Waals surface area contributed by atoms with E-state index in [1.165, 1.54) is 6.21 Å². The van der Waals surface area contributed by atoms with E-state index in [-0.39, 0.29) is 18.9 Å². The molecule has 0 unspecified atom stereocenters. The molecule has 0 atom stereocenters. The van der Waals surface area contributed by atoms with Gasteiger partial charge in [-0.05, 0) is 47.5 Å². The summed E-state index contributed by atoms with van der Waals surface area (Å²) in [6.45, 7) is -0.389. The summed E-state index contributed by atoms with van der Waals surface area (Å²) in [7, 11) is 0. The fourth-order valence-electron chi connectivity index (χ4n) is 1.80. The number of amides is 1. The fourth-order valence-corrected chi connectivity index (χ4v) is 2.07. The lowest BCUT2D eigenvalue weighted by Gasteiger charge is -2.03. The number of hydrazone groups is 1. The van der Waals surface area contributed by atoms with Gasteiger partial charge in [0.2, 0.25) is 5.91 Å². The molecule has 2 rings (SSSR count). The Morgan fingerprint density at radius 3 is 2.42 bits per heavy atom. The molecule has 0 aromatic heterocycles. The molecule has 2 aromatic carbocycles. The molecular weight excluding hydrogens is 376 g/mol. The number of carboxylic acids is 1. The van der Waals surface area contributed by atoms with Gasteiger partial charge in [0.05, 0.1) is 12.6 Å². The highest BCUT2D eigenvalue weighted by molar-refractivity contribution is 9.10. The minimum Gasteiger partial charge on any atom is -0.482 e. The summed E-state index contributed by atoms with van der Waals surface area (Å²) in [6.07, 6.45) is 1.74. The quantitative estimate of drug-likeness (QED) is 0.561. The standard InChI is InChI=1S/C17H15BrN2O4/c18-14-5-1-12(2-6-14)9-16(21)20-19-10-13-3-7-15(8-4-13)24-11-17(22)23/h1-8,10H,9,11H2,(H,20,21)(H,22,23)/b19-10+. The van der Waals surface area contributed by atoms with Gasteiger partial charge in [-0.15, -0.1) is 0 Å². The van der Waals surface area contributed by atoms with Gasteiger partial charge in [0.15, 0.2) is 6.61 Å². The van der Waals surface area contributed by atoms with E-state index in [1.807, 2.05) is 24.3 Å². The smallest absolute Gasteiger partial charge is 0.341 e. The summed E-state index contributed by atoms with van der Waals surface area (Å²) in [5, 5.41) is 12.4. The Kier molecular flexibility index (Phi) is 6.51. The van der Waals surface area contributed by atoms with E-state index in [4.69, 9.17) is 9.84 Å². The number of hydrogen-bond acceptors (Lipinski definition) is 4. The highest BCUT2D eigenvalue weighted by Gasteiger charge is 2.02. The molecule has 0 fully saturated rings. The lowest BCUT2D eigenvalue weighted by molar-refractivity contribution is -0.139. The van der Waals surface area contributed by atoms with Crippen LogP contribution in [0.1, 0.15) is 11.1 Å². The van der Waals surface area contributed by atoms with Crippen LogP contribution in [0.4, 0.5) is 0 Å². The third-order valence-corrected chi connectivity index (χ3v) is 3.45.